The zero-order chi connectivity index (χ0) is 19.6. The first-order valence-electron chi connectivity index (χ1n) is 10.3. The first-order chi connectivity index (χ1) is 12.7. The molecule has 1 aromatic carbocycles. The summed E-state index contributed by atoms with van der Waals surface area (Å²) >= 11 is 0. The van der Waals surface area contributed by atoms with E-state index < -0.39 is 10.0 Å². The zero-order valence-corrected chi connectivity index (χ0v) is 18.1. The van der Waals surface area contributed by atoms with E-state index in [4.69, 9.17) is 0 Å². The van der Waals surface area contributed by atoms with E-state index in [9.17, 15) is 8.42 Å². The van der Waals surface area contributed by atoms with Crippen molar-refractivity contribution in [2.24, 2.45) is 0 Å². The molecule has 0 aromatic heterocycles. The average molecular weight is 394 g/mol. The molecule has 1 aliphatic carbocycles. The lowest BCUT2D eigenvalue weighted by Crippen LogP contribution is -2.43. The Morgan fingerprint density at radius 1 is 1.15 bits per heavy atom. The van der Waals surface area contributed by atoms with E-state index in [0.717, 1.165) is 56.4 Å². The van der Waals surface area contributed by atoms with Gasteiger partial charge in [-0.1, -0.05) is 32.4 Å². The molecule has 1 aliphatic heterocycles. The van der Waals surface area contributed by atoms with E-state index in [1.54, 1.807) is 0 Å². The average Bonchev–Trinajstić information content (AvgIpc) is 2.58. The molecule has 152 valence electrons. The molecule has 1 saturated carbocycles. The number of piperidine rings is 1. The summed E-state index contributed by atoms with van der Waals surface area (Å²) in [5.41, 5.74) is 3.24. The van der Waals surface area contributed by atoms with Crippen molar-refractivity contribution in [1.29, 1.82) is 0 Å². The summed E-state index contributed by atoms with van der Waals surface area (Å²) in [4.78, 5) is 4.67. The van der Waals surface area contributed by atoms with E-state index in [-0.39, 0.29) is 11.8 Å². The standard InChI is InChI=1S/C21H35N3O2S/c1-16(2)17-8-9-21(24-12-10-20(11-13-24)23(3)4)18(14-17)15-27(25,26)22-19-6-5-7-19/h8-9,14,16,19-20,22H,5-7,10-13,15H2,1-4H3. The van der Waals surface area contributed by atoms with Crippen LogP contribution in [0.1, 0.15) is 63.0 Å². The number of sulfonamides is 1. The van der Waals surface area contributed by atoms with Gasteiger partial charge in [-0.2, -0.15) is 0 Å². The molecule has 0 amide bonds. The van der Waals surface area contributed by atoms with Crippen molar-refractivity contribution in [2.45, 2.75) is 69.7 Å². The highest BCUT2D eigenvalue weighted by Gasteiger charge is 2.27. The SMILES string of the molecule is CC(C)c1ccc(N2CCC(N(C)C)CC2)c(CS(=O)(=O)NC2CCC2)c1. The molecule has 1 saturated heterocycles. The summed E-state index contributed by atoms with van der Waals surface area (Å²) in [6.45, 7) is 6.27. The summed E-state index contributed by atoms with van der Waals surface area (Å²) in [5, 5.41) is 0. The van der Waals surface area contributed by atoms with Crippen LogP contribution in [-0.4, -0.2) is 52.6 Å². The third-order valence-corrected chi connectivity index (χ3v) is 7.49. The Balaban J connectivity index is 1.80. The van der Waals surface area contributed by atoms with Gasteiger partial charge in [-0.15, -0.1) is 0 Å². The number of hydrogen-bond donors (Lipinski definition) is 1. The fourth-order valence-electron chi connectivity index (χ4n) is 4.04. The molecule has 0 spiro atoms. The highest BCUT2D eigenvalue weighted by molar-refractivity contribution is 7.88. The first kappa shape index (κ1) is 20.6. The maximum atomic E-state index is 12.7. The Kier molecular flexibility index (Phi) is 6.49. The first-order valence-corrected chi connectivity index (χ1v) is 11.9. The van der Waals surface area contributed by atoms with Gasteiger partial charge in [-0.05, 0) is 62.9 Å². The van der Waals surface area contributed by atoms with Crippen LogP contribution in [0.5, 0.6) is 0 Å². The van der Waals surface area contributed by atoms with Crippen LogP contribution in [0.4, 0.5) is 5.69 Å². The number of hydrogen-bond acceptors (Lipinski definition) is 4. The van der Waals surface area contributed by atoms with E-state index in [1.807, 2.05) is 0 Å². The Hall–Kier alpha value is -1.11. The lowest BCUT2D eigenvalue weighted by molar-refractivity contribution is 0.249. The molecule has 1 heterocycles. The number of nitrogens with one attached hydrogen (secondary N) is 1. The van der Waals surface area contributed by atoms with Gasteiger partial charge in [0.05, 0.1) is 5.75 Å². The smallest absolute Gasteiger partial charge is 0.216 e. The number of benzene rings is 1. The molecule has 1 aromatic rings. The van der Waals surface area contributed by atoms with Crippen LogP contribution in [0.15, 0.2) is 18.2 Å². The number of nitrogens with zero attached hydrogens (tertiary/aromatic N) is 2. The maximum Gasteiger partial charge on any atom is 0.216 e. The Morgan fingerprint density at radius 3 is 2.33 bits per heavy atom. The molecular weight excluding hydrogens is 358 g/mol. The summed E-state index contributed by atoms with van der Waals surface area (Å²) in [6, 6.07) is 7.16. The normalized spacial score (nSPS) is 19.7. The predicted molar refractivity (Wildman–Crippen MR) is 113 cm³/mol. The summed E-state index contributed by atoms with van der Waals surface area (Å²) < 4.78 is 28.3. The number of rotatable bonds is 7. The summed E-state index contributed by atoms with van der Waals surface area (Å²) in [5.74, 6) is 0.465. The topological polar surface area (TPSA) is 52.7 Å². The minimum Gasteiger partial charge on any atom is -0.371 e. The Bertz CT molecular complexity index is 734. The molecule has 0 unspecified atom stereocenters. The quantitative estimate of drug-likeness (QED) is 0.772. The van der Waals surface area contributed by atoms with Gasteiger partial charge in [0.25, 0.3) is 0 Å². The lowest BCUT2D eigenvalue weighted by Gasteiger charge is -2.37. The van der Waals surface area contributed by atoms with Crippen molar-refractivity contribution in [3.05, 3.63) is 29.3 Å². The van der Waals surface area contributed by atoms with E-state index >= 15 is 0 Å². The van der Waals surface area contributed by atoms with Crippen molar-refractivity contribution in [2.75, 3.05) is 32.1 Å². The molecular formula is C21H35N3O2S. The molecule has 2 aliphatic rings. The molecule has 0 atom stereocenters. The molecule has 6 heteroatoms. The largest absolute Gasteiger partial charge is 0.371 e. The van der Waals surface area contributed by atoms with Gasteiger partial charge < -0.3 is 9.80 Å². The van der Waals surface area contributed by atoms with Crippen molar-refractivity contribution in [1.82, 2.24) is 9.62 Å². The van der Waals surface area contributed by atoms with Crippen LogP contribution in [0.3, 0.4) is 0 Å². The van der Waals surface area contributed by atoms with Crippen LogP contribution >= 0.6 is 0 Å². The Labute approximate surface area is 165 Å². The summed E-state index contributed by atoms with van der Waals surface area (Å²) in [7, 11) is 0.974. The fourth-order valence-corrected chi connectivity index (χ4v) is 5.51. The highest BCUT2D eigenvalue weighted by atomic mass is 32.2. The third-order valence-electron chi connectivity index (χ3n) is 6.10. The van der Waals surface area contributed by atoms with Gasteiger partial charge in [0.2, 0.25) is 10.0 Å². The second kappa shape index (κ2) is 8.50. The second-order valence-corrected chi connectivity index (χ2v) is 10.5. The molecule has 0 radical (unpaired) electrons. The van der Waals surface area contributed by atoms with Crippen LogP contribution < -0.4 is 9.62 Å². The van der Waals surface area contributed by atoms with Crippen molar-refractivity contribution < 1.29 is 8.42 Å². The van der Waals surface area contributed by atoms with Crippen LogP contribution in [0, 0.1) is 0 Å². The maximum absolute atomic E-state index is 12.7. The molecule has 0 bridgehead atoms. The summed E-state index contributed by atoms with van der Waals surface area (Å²) in [6.07, 6.45) is 5.30. The van der Waals surface area contributed by atoms with E-state index in [0.29, 0.717) is 12.0 Å². The van der Waals surface area contributed by atoms with Crippen molar-refractivity contribution in [3.63, 3.8) is 0 Å². The van der Waals surface area contributed by atoms with Crippen molar-refractivity contribution >= 4 is 15.7 Å². The van der Waals surface area contributed by atoms with Gasteiger partial charge in [0.1, 0.15) is 0 Å². The minimum absolute atomic E-state index is 0.0764. The second-order valence-electron chi connectivity index (χ2n) is 8.73. The van der Waals surface area contributed by atoms with Crippen LogP contribution in [-0.2, 0) is 15.8 Å². The molecule has 3 rings (SSSR count). The third kappa shape index (κ3) is 5.24. The lowest BCUT2D eigenvalue weighted by atomic mass is 9.94. The van der Waals surface area contributed by atoms with E-state index in [2.05, 4.69) is 60.7 Å². The van der Waals surface area contributed by atoms with Gasteiger partial charge in [-0.25, -0.2) is 13.1 Å². The van der Waals surface area contributed by atoms with Crippen LogP contribution in [0.25, 0.3) is 0 Å². The van der Waals surface area contributed by atoms with E-state index in [1.165, 1.54) is 5.56 Å². The Morgan fingerprint density at radius 2 is 1.81 bits per heavy atom. The fraction of sp³-hybridized carbons (Fsp3) is 0.714. The highest BCUT2D eigenvalue weighted by Crippen LogP contribution is 2.30. The van der Waals surface area contributed by atoms with Gasteiger partial charge in [0, 0.05) is 30.9 Å². The van der Waals surface area contributed by atoms with Gasteiger partial charge in [0.15, 0.2) is 0 Å². The molecule has 27 heavy (non-hydrogen) atoms. The minimum atomic E-state index is -3.31. The molecule has 2 fully saturated rings. The van der Waals surface area contributed by atoms with Crippen LogP contribution in [0.2, 0.25) is 0 Å². The molecule has 1 N–H and O–H groups in total. The van der Waals surface area contributed by atoms with Crippen molar-refractivity contribution in [3.8, 4) is 0 Å². The number of anilines is 1. The monoisotopic (exact) mass is 393 g/mol. The zero-order valence-electron chi connectivity index (χ0n) is 17.2. The predicted octanol–water partition coefficient (Wildman–Crippen LogP) is 3.31. The molecule has 5 nitrogen and oxygen atoms in total. The van der Waals surface area contributed by atoms with Gasteiger partial charge >= 0.3 is 0 Å². The van der Waals surface area contributed by atoms with Gasteiger partial charge in [-0.3, -0.25) is 0 Å².